The van der Waals surface area contributed by atoms with Gasteiger partial charge in [-0.15, -0.1) is 0 Å². The Balaban J connectivity index is 2.84. The summed E-state index contributed by atoms with van der Waals surface area (Å²) < 4.78 is 4.98. The number of amides is 1. The van der Waals surface area contributed by atoms with Crippen molar-refractivity contribution in [3.8, 4) is 0 Å². The molecule has 0 bridgehead atoms. The molecule has 6 heteroatoms. The van der Waals surface area contributed by atoms with Crippen LogP contribution in [0.15, 0.2) is 12.4 Å². The Morgan fingerprint density at radius 1 is 1.53 bits per heavy atom. The maximum Gasteiger partial charge on any atom is 0.274 e. The van der Waals surface area contributed by atoms with Gasteiger partial charge in [0.25, 0.3) is 5.91 Å². The summed E-state index contributed by atoms with van der Waals surface area (Å²) in [5, 5.41) is 0. The molecule has 6 nitrogen and oxygen atoms in total. The van der Waals surface area contributed by atoms with Gasteiger partial charge < -0.3 is 15.4 Å². The van der Waals surface area contributed by atoms with Crippen molar-refractivity contribution >= 4 is 11.7 Å². The predicted molar refractivity (Wildman–Crippen MR) is 64.5 cm³/mol. The fraction of sp³-hybridized carbons (Fsp3) is 0.545. The lowest BCUT2D eigenvalue weighted by atomic mass is 10.2. The third kappa shape index (κ3) is 3.67. The first kappa shape index (κ1) is 13.4. The van der Waals surface area contributed by atoms with Gasteiger partial charge in [-0.3, -0.25) is 9.78 Å². The molecule has 1 amide bonds. The number of ether oxygens (including phenoxy) is 1. The topological polar surface area (TPSA) is 81.3 Å². The van der Waals surface area contributed by atoms with Gasteiger partial charge in [-0.1, -0.05) is 0 Å². The SMILES string of the molecule is COCCN(C(=O)c1cncc(N)n1)C(C)C. The average molecular weight is 238 g/mol. The van der Waals surface area contributed by atoms with E-state index in [2.05, 4.69) is 9.97 Å². The van der Waals surface area contributed by atoms with Crippen molar-refractivity contribution in [3.63, 3.8) is 0 Å². The second-order valence-electron chi connectivity index (χ2n) is 3.91. The Bertz CT molecular complexity index is 381. The number of nitrogens with zero attached hydrogens (tertiary/aromatic N) is 3. The average Bonchev–Trinajstić information content (AvgIpc) is 2.29. The van der Waals surface area contributed by atoms with Crippen LogP contribution in [0.2, 0.25) is 0 Å². The number of methoxy groups -OCH3 is 1. The number of rotatable bonds is 5. The molecular formula is C11H18N4O2. The summed E-state index contributed by atoms with van der Waals surface area (Å²) in [7, 11) is 1.60. The first-order valence-electron chi connectivity index (χ1n) is 5.43. The molecular weight excluding hydrogens is 220 g/mol. The third-order valence-corrected chi connectivity index (χ3v) is 2.29. The normalized spacial score (nSPS) is 10.6. The van der Waals surface area contributed by atoms with Gasteiger partial charge in [-0.25, -0.2) is 4.98 Å². The van der Waals surface area contributed by atoms with Gasteiger partial charge >= 0.3 is 0 Å². The van der Waals surface area contributed by atoms with Crippen molar-refractivity contribution in [1.29, 1.82) is 0 Å². The highest BCUT2D eigenvalue weighted by Crippen LogP contribution is 2.06. The standard InChI is InChI=1S/C11H18N4O2/c1-8(2)15(4-5-17-3)11(16)9-6-13-7-10(12)14-9/h6-8H,4-5H2,1-3H3,(H2,12,14). The van der Waals surface area contributed by atoms with Crippen molar-refractivity contribution in [2.24, 2.45) is 0 Å². The number of nitrogens with two attached hydrogens (primary N) is 1. The molecule has 0 aromatic carbocycles. The zero-order valence-electron chi connectivity index (χ0n) is 10.4. The minimum atomic E-state index is -0.183. The lowest BCUT2D eigenvalue weighted by Gasteiger charge is -2.25. The number of carbonyl (C=O) groups is 1. The zero-order valence-corrected chi connectivity index (χ0v) is 10.4. The highest BCUT2D eigenvalue weighted by molar-refractivity contribution is 5.92. The lowest BCUT2D eigenvalue weighted by molar-refractivity contribution is 0.0629. The van der Waals surface area contributed by atoms with Gasteiger partial charge in [-0.05, 0) is 13.8 Å². The summed E-state index contributed by atoms with van der Waals surface area (Å²) in [4.78, 5) is 21.7. The molecule has 1 rings (SSSR count). The summed E-state index contributed by atoms with van der Waals surface area (Å²) in [5.74, 6) is 0.0585. The molecule has 0 saturated heterocycles. The van der Waals surface area contributed by atoms with Crippen LogP contribution in [-0.4, -0.2) is 47.1 Å². The van der Waals surface area contributed by atoms with Crippen molar-refractivity contribution in [2.75, 3.05) is 26.0 Å². The van der Waals surface area contributed by atoms with Crippen LogP contribution in [0.5, 0.6) is 0 Å². The van der Waals surface area contributed by atoms with E-state index < -0.39 is 0 Å². The van der Waals surface area contributed by atoms with E-state index in [1.54, 1.807) is 12.0 Å². The maximum atomic E-state index is 12.2. The van der Waals surface area contributed by atoms with Gasteiger partial charge in [0.2, 0.25) is 0 Å². The van der Waals surface area contributed by atoms with Gasteiger partial charge in [0.1, 0.15) is 11.5 Å². The van der Waals surface area contributed by atoms with Gasteiger partial charge in [0.15, 0.2) is 0 Å². The van der Waals surface area contributed by atoms with E-state index in [0.717, 1.165) is 0 Å². The first-order chi connectivity index (χ1) is 8.06. The Hall–Kier alpha value is -1.69. The largest absolute Gasteiger partial charge is 0.383 e. The van der Waals surface area contributed by atoms with Gasteiger partial charge in [0, 0.05) is 19.7 Å². The summed E-state index contributed by atoms with van der Waals surface area (Å²) in [6.45, 7) is 4.88. The molecule has 1 heterocycles. The van der Waals surface area contributed by atoms with Crippen LogP contribution >= 0.6 is 0 Å². The van der Waals surface area contributed by atoms with Crippen LogP contribution < -0.4 is 5.73 Å². The second-order valence-corrected chi connectivity index (χ2v) is 3.91. The number of aromatic nitrogens is 2. The summed E-state index contributed by atoms with van der Waals surface area (Å²) >= 11 is 0. The first-order valence-corrected chi connectivity index (χ1v) is 5.43. The Morgan fingerprint density at radius 2 is 2.24 bits per heavy atom. The summed E-state index contributed by atoms with van der Waals surface area (Å²) in [6, 6.07) is 0.0703. The van der Waals surface area contributed by atoms with Crippen LogP contribution in [0.4, 0.5) is 5.82 Å². The Kier molecular flexibility index (Phi) is 4.84. The van der Waals surface area contributed by atoms with Crippen LogP contribution in [0, 0.1) is 0 Å². The molecule has 0 atom stereocenters. The predicted octanol–water partition coefficient (Wildman–Crippen LogP) is 0.556. The van der Waals surface area contributed by atoms with Gasteiger partial charge in [0.05, 0.1) is 19.0 Å². The fourth-order valence-electron chi connectivity index (χ4n) is 1.42. The quantitative estimate of drug-likeness (QED) is 0.810. The van der Waals surface area contributed by atoms with E-state index in [0.29, 0.717) is 13.2 Å². The van der Waals surface area contributed by atoms with E-state index in [-0.39, 0.29) is 23.5 Å². The van der Waals surface area contributed by atoms with E-state index in [1.807, 2.05) is 13.8 Å². The molecule has 94 valence electrons. The molecule has 0 fully saturated rings. The minimum Gasteiger partial charge on any atom is -0.383 e. The highest BCUT2D eigenvalue weighted by Gasteiger charge is 2.19. The number of nitrogen functional groups attached to an aromatic ring is 1. The molecule has 0 radical (unpaired) electrons. The minimum absolute atomic E-state index is 0.0703. The number of hydrogen-bond acceptors (Lipinski definition) is 5. The maximum absolute atomic E-state index is 12.2. The molecule has 0 aliphatic carbocycles. The van der Waals surface area contributed by atoms with Crippen molar-refractivity contribution in [3.05, 3.63) is 18.1 Å². The number of hydrogen-bond donors (Lipinski definition) is 1. The van der Waals surface area contributed by atoms with E-state index >= 15 is 0 Å². The monoisotopic (exact) mass is 238 g/mol. The van der Waals surface area contributed by atoms with Crippen molar-refractivity contribution < 1.29 is 9.53 Å². The molecule has 0 spiro atoms. The molecule has 0 saturated carbocycles. The van der Waals surface area contributed by atoms with E-state index in [4.69, 9.17) is 10.5 Å². The number of anilines is 1. The third-order valence-electron chi connectivity index (χ3n) is 2.29. The molecule has 0 aliphatic rings. The second kappa shape index (κ2) is 6.15. The number of carbonyl (C=O) groups excluding carboxylic acids is 1. The molecule has 0 unspecified atom stereocenters. The van der Waals surface area contributed by atoms with Crippen LogP contribution in [0.3, 0.4) is 0 Å². The summed E-state index contributed by atoms with van der Waals surface area (Å²) in [6.07, 6.45) is 2.83. The van der Waals surface area contributed by atoms with Crippen molar-refractivity contribution in [1.82, 2.24) is 14.9 Å². The molecule has 1 aromatic heterocycles. The van der Waals surface area contributed by atoms with E-state index in [9.17, 15) is 4.79 Å². The molecule has 0 aliphatic heterocycles. The lowest BCUT2D eigenvalue weighted by Crippen LogP contribution is -2.39. The van der Waals surface area contributed by atoms with Crippen molar-refractivity contribution in [2.45, 2.75) is 19.9 Å². The Labute approximate surface area is 101 Å². The Morgan fingerprint density at radius 3 is 2.76 bits per heavy atom. The van der Waals surface area contributed by atoms with Crippen LogP contribution in [-0.2, 0) is 4.74 Å². The summed E-state index contributed by atoms with van der Waals surface area (Å²) in [5.41, 5.74) is 5.76. The molecule has 1 aromatic rings. The van der Waals surface area contributed by atoms with E-state index in [1.165, 1.54) is 12.4 Å². The van der Waals surface area contributed by atoms with Gasteiger partial charge in [-0.2, -0.15) is 0 Å². The van der Waals surface area contributed by atoms with Crippen LogP contribution in [0.1, 0.15) is 24.3 Å². The smallest absolute Gasteiger partial charge is 0.274 e. The molecule has 2 N–H and O–H groups in total. The molecule has 17 heavy (non-hydrogen) atoms. The highest BCUT2D eigenvalue weighted by atomic mass is 16.5. The zero-order chi connectivity index (χ0) is 12.8. The fourth-order valence-corrected chi connectivity index (χ4v) is 1.42. The van der Waals surface area contributed by atoms with Crippen LogP contribution in [0.25, 0.3) is 0 Å².